The summed E-state index contributed by atoms with van der Waals surface area (Å²) in [4.78, 5) is 14.6. The Kier molecular flexibility index (Phi) is 3.89. The summed E-state index contributed by atoms with van der Waals surface area (Å²) in [6, 6.07) is 0.0605. The average Bonchev–Trinajstić information content (AvgIpc) is 3.16. The molecule has 1 amide bonds. The van der Waals surface area contributed by atoms with Crippen molar-refractivity contribution in [2.75, 3.05) is 20.3 Å². The van der Waals surface area contributed by atoms with E-state index in [2.05, 4.69) is 5.10 Å². The normalized spacial score (nSPS) is 25.6. The number of carbonyl (C=O) groups is 1. The smallest absolute Gasteiger partial charge is 0.252 e. The quantitative estimate of drug-likeness (QED) is 0.849. The molecule has 3 rings (SSSR count). The highest BCUT2D eigenvalue weighted by atomic mass is 16.5. The molecule has 0 unspecified atom stereocenters. The molecule has 3 heterocycles. The standard InChI is InChI=1S/C15H23N3O3/c1-10-13(15(20-3)17(2)16-10)11-6-4-8-18(11)14(19)12-7-5-9-21-12/h11-12H,4-9H2,1-3H3/t11-,12-/m0/s1. The number of amides is 1. The highest BCUT2D eigenvalue weighted by molar-refractivity contribution is 5.82. The van der Waals surface area contributed by atoms with E-state index >= 15 is 0 Å². The zero-order chi connectivity index (χ0) is 15.0. The molecule has 2 atom stereocenters. The van der Waals surface area contributed by atoms with Crippen LogP contribution in [0.4, 0.5) is 0 Å². The molecule has 2 fully saturated rings. The van der Waals surface area contributed by atoms with Gasteiger partial charge in [-0.3, -0.25) is 4.79 Å². The van der Waals surface area contributed by atoms with Crippen molar-refractivity contribution in [2.45, 2.75) is 44.8 Å². The lowest BCUT2D eigenvalue weighted by molar-refractivity contribution is -0.141. The molecule has 1 aromatic rings. The fourth-order valence-electron chi connectivity index (χ4n) is 3.57. The second kappa shape index (κ2) is 5.67. The van der Waals surface area contributed by atoms with E-state index in [1.54, 1.807) is 11.8 Å². The van der Waals surface area contributed by atoms with Crippen LogP contribution in [0.2, 0.25) is 0 Å². The molecule has 0 N–H and O–H groups in total. The zero-order valence-corrected chi connectivity index (χ0v) is 13.0. The molecular weight excluding hydrogens is 270 g/mol. The maximum Gasteiger partial charge on any atom is 0.252 e. The van der Waals surface area contributed by atoms with Crippen molar-refractivity contribution in [3.63, 3.8) is 0 Å². The van der Waals surface area contributed by atoms with Crippen LogP contribution in [0, 0.1) is 6.92 Å². The molecule has 0 aromatic carbocycles. The third-order valence-electron chi connectivity index (χ3n) is 4.48. The van der Waals surface area contributed by atoms with Gasteiger partial charge in [0.25, 0.3) is 5.91 Å². The first-order valence-electron chi connectivity index (χ1n) is 7.63. The molecule has 2 saturated heterocycles. The van der Waals surface area contributed by atoms with E-state index in [-0.39, 0.29) is 18.1 Å². The molecule has 6 heteroatoms. The van der Waals surface area contributed by atoms with Gasteiger partial charge in [-0.2, -0.15) is 5.10 Å². The summed E-state index contributed by atoms with van der Waals surface area (Å²) in [5.74, 6) is 0.879. The summed E-state index contributed by atoms with van der Waals surface area (Å²) in [5, 5.41) is 4.44. The zero-order valence-electron chi connectivity index (χ0n) is 13.0. The van der Waals surface area contributed by atoms with Gasteiger partial charge in [0.1, 0.15) is 6.10 Å². The number of methoxy groups -OCH3 is 1. The molecule has 0 saturated carbocycles. The third-order valence-corrected chi connectivity index (χ3v) is 4.48. The van der Waals surface area contributed by atoms with Crippen LogP contribution in [-0.4, -0.2) is 47.0 Å². The number of nitrogens with zero attached hydrogens (tertiary/aromatic N) is 3. The predicted octanol–water partition coefficient (Wildman–Crippen LogP) is 1.58. The third kappa shape index (κ3) is 2.41. The van der Waals surface area contributed by atoms with Gasteiger partial charge in [-0.1, -0.05) is 0 Å². The van der Waals surface area contributed by atoms with Gasteiger partial charge in [0.15, 0.2) is 0 Å². The highest BCUT2D eigenvalue weighted by Gasteiger charge is 2.38. The van der Waals surface area contributed by atoms with E-state index in [4.69, 9.17) is 9.47 Å². The minimum absolute atomic E-state index is 0.0605. The lowest BCUT2D eigenvalue weighted by atomic mass is 10.0. The molecule has 0 spiro atoms. The molecule has 1 aromatic heterocycles. The van der Waals surface area contributed by atoms with E-state index < -0.39 is 0 Å². The minimum atomic E-state index is -0.256. The lowest BCUT2D eigenvalue weighted by Gasteiger charge is -2.27. The van der Waals surface area contributed by atoms with Gasteiger partial charge >= 0.3 is 0 Å². The number of aromatic nitrogens is 2. The lowest BCUT2D eigenvalue weighted by Crippen LogP contribution is -2.38. The first kappa shape index (κ1) is 14.4. The summed E-state index contributed by atoms with van der Waals surface area (Å²) >= 11 is 0. The van der Waals surface area contributed by atoms with Gasteiger partial charge in [0.05, 0.1) is 24.4 Å². The fraction of sp³-hybridized carbons (Fsp3) is 0.733. The van der Waals surface area contributed by atoms with Crippen LogP contribution >= 0.6 is 0 Å². The van der Waals surface area contributed by atoms with Crippen molar-refractivity contribution in [2.24, 2.45) is 7.05 Å². The SMILES string of the molecule is COc1c([C@@H]2CCCN2C(=O)[C@@H]2CCCO2)c(C)nn1C. The van der Waals surface area contributed by atoms with E-state index in [9.17, 15) is 4.79 Å². The van der Waals surface area contributed by atoms with Crippen molar-refractivity contribution in [3.8, 4) is 5.88 Å². The van der Waals surface area contributed by atoms with Crippen LogP contribution < -0.4 is 4.74 Å². The van der Waals surface area contributed by atoms with Gasteiger partial charge in [-0.05, 0) is 32.6 Å². The molecule has 2 aliphatic heterocycles. The molecule has 0 bridgehead atoms. The average molecular weight is 293 g/mol. The largest absolute Gasteiger partial charge is 0.481 e. The summed E-state index contributed by atoms with van der Waals surface area (Å²) in [7, 11) is 3.53. The van der Waals surface area contributed by atoms with Crippen LogP contribution in [0.5, 0.6) is 5.88 Å². The Morgan fingerprint density at radius 2 is 2.19 bits per heavy atom. The molecule has 0 radical (unpaired) electrons. The summed E-state index contributed by atoms with van der Waals surface area (Å²) in [6.45, 7) is 3.47. The summed E-state index contributed by atoms with van der Waals surface area (Å²) in [6.07, 6.45) is 3.53. The van der Waals surface area contributed by atoms with Crippen molar-refractivity contribution in [1.82, 2.24) is 14.7 Å². The molecule has 116 valence electrons. The van der Waals surface area contributed by atoms with Gasteiger partial charge in [0.2, 0.25) is 5.88 Å². The second-order valence-electron chi connectivity index (χ2n) is 5.82. The number of rotatable bonds is 3. The molecule has 6 nitrogen and oxygen atoms in total. The van der Waals surface area contributed by atoms with Crippen molar-refractivity contribution in [1.29, 1.82) is 0 Å². The van der Waals surface area contributed by atoms with Crippen molar-refractivity contribution >= 4 is 5.91 Å². The van der Waals surface area contributed by atoms with Crippen molar-refractivity contribution < 1.29 is 14.3 Å². The topological polar surface area (TPSA) is 56.6 Å². The molecule has 0 aliphatic carbocycles. The van der Waals surface area contributed by atoms with Crippen LogP contribution in [0.25, 0.3) is 0 Å². The van der Waals surface area contributed by atoms with E-state index in [0.717, 1.165) is 49.4 Å². The Morgan fingerprint density at radius 3 is 2.86 bits per heavy atom. The Hall–Kier alpha value is -1.56. The highest BCUT2D eigenvalue weighted by Crippen LogP contribution is 2.39. The van der Waals surface area contributed by atoms with Gasteiger partial charge in [-0.15, -0.1) is 0 Å². The molecular formula is C15H23N3O3. The summed E-state index contributed by atoms with van der Waals surface area (Å²) < 4.78 is 12.8. The van der Waals surface area contributed by atoms with E-state index in [1.807, 2.05) is 18.9 Å². The Morgan fingerprint density at radius 1 is 1.38 bits per heavy atom. The first-order valence-corrected chi connectivity index (χ1v) is 7.63. The minimum Gasteiger partial charge on any atom is -0.481 e. The number of hydrogen-bond acceptors (Lipinski definition) is 4. The predicted molar refractivity (Wildman–Crippen MR) is 77.2 cm³/mol. The second-order valence-corrected chi connectivity index (χ2v) is 5.82. The Balaban J connectivity index is 1.88. The van der Waals surface area contributed by atoms with Crippen LogP contribution in [0.15, 0.2) is 0 Å². The van der Waals surface area contributed by atoms with Crippen LogP contribution in [0.3, 0.4) is 0 Å². The number of aryl methyl sites for hydroxylation is 2. The first-order chi connectivity index (χ1) is 10.1. The number of hydrogen-bond donors (Lipinski definition) is 0. The maximum atomic E-state index is 12.7. The van der Waals surface area contributed by atoms with E-state index in [0.29, 0.717) is 6.61 Å². The van der Waals surface area contributed by atoms with Gasteiger partial charge < -0.3 is 14.4 Å². The maximum absolute atomic E-state index is 12.7. The molecule has 2 aliphatic rings. The Labute approximate surface area is 125 Å². The van der Waals surface area contributed by atoms with Crippen LogP contribution in [-0.2, 0) is 16.6 Å². The number of ether oxygens (including phenoxy) is 2. The Bertz CT molecular complexity index is 535. The number of likely N-dealkylation sites (tertiary alicyclic amines) is 1. The number of carbonyl (C=O) groups excluding carboxylic acids is 1. The molecule has 21 heavy (non-hydrogen) atoms. The summed E-state index contributed by atoms with van der Waals surface area (Å²) in [5.41, 5.74) is 1.98. The van der Waals surface area contributed by atoms with Crippen LogP contribution in [0.1, 0.15) is 43.0 Å². The van der Waals surface area contributed by atoms with Gasteiger partial charge in [-0.25, -0.2) is 4.68 Å². The van der Waals surface area contributed by atoms with Gasteiger partial charge in [0, 0.05) is 20.2 Å². The van der Waals surface area contributed by atoms with Crippen molar-refractivity contribution in [3.05, 3.63) is 11.3 Å². The van der Waals surface area contributed by atoms with E-state index in [1.165, 1.54) is 0 Å². The monoisotopic (exact) mass is 293 g/mol. The fourth-order valence-corrected chi connectivity index (χ4v) is 3.57.